The lowest BCUT2D eigenvalue weighted by Crippen LogP contribution is -2.38. The molecule has 1 unspecified atom stereocenters. The molecule has 1 fully saturated rings. The fraction of sp³-hybridized carbons (Fsp3) is 0.300. The number of anilines is 1. The molecule has 0 radical (unpaired) electrons. The van der Waals surface area contributed by atoms with E-state index in [0.717, 1.165) is 30.2 Å². The normalized spacial score (nSPS) is 14.8. The van der Waals surface area contributed by atoms with Crippen LogP contribution in [0.4, 0.5) is 10.5 Å². The van der Waals surface area contributed by atoms with Gasteiger partial charge in [0, 0.05) is 30.6 Å². The number of benzene rings is 3. The highest BCUT2D eigenvalue weighted by Crippen LogP contribution is 2.29. The fourth-order valence-electron chi connectivity index (χ4n) is 4.76. The molecular weight excluding hydrogens is 512 g/mol. The number of sulfone groups is 1. The highest BCUT2D eigenvalue weighted by molar-refractivity contribution is 7.90. The summed E-state index contributed by atoms with van der Waals surface area (Å²) in [6.45, 7) is 4.94. The molecule has 1 saturated heterocycles. The van der Waals surface area contributed by atoms with Crippen LogP contribution in [0.3, 0.4) is 0 Å². The van der Waals surface area contributed by atoms with Gasteiger partial charge in [0.05, 0.1) is 22.6 Å². The number of hydrogen-bond acceptors (Lipinski definition) is 5. The average molecular weight is 545 g/mol. The number of nitriles is 1. The van der Waals surface area contributed by atoms with Gasteiger partial charge in [0.15, 0.2) is 9.84 Å². The lowest BCUT2D eigenvalue weighted by molar-refractivity contribution is 0.0713. The molecule has 9 heteroatoms. The molecule has 0 spiro atoms. The molecule has 202 valence electrons. The Morgan fingerprint density at radius 2 is 1.64 bits per heavy atom. The zero-order chi connectivity index (χ0) is 28.2. The van der Waals surface area contributed by atoms with Crippen molar-refractivity contribution in [2.75, 3.05) is 24.7 Å². The van der Waals surface area contributed by atoms with E-state index in [-0.39, 0.29) is 16.8 Å². The monoisotopic (exact) mass is 544 g/mol. The number of carbonyl (C=O) groups is 2. The number of carbonyl (C=O) groups excluding carboxylic acids is 2. The zero-order valence-corrected chi connectivity index (χ0v) is 23.1. The Morgan fingerprint density at radius 1 is 1.00 bits per heavy atom. The Morgan fingerprint density at radius 3 is 2.23 bits per heavy atom. The first-order valence-corrected chi connectivity index (χ1v) is 14.7. The SMILES string of the molecule is Cc1ccc(C(=O)N2CCC(c3ccc(C#N)cc3)CC2)cc1NC(=O)NC(C)c1ccc(S(C)(=O)=O)cc1. The maximum absolute atomic E-state index is 13.3. The van der Waals surface area contributed by atoms with E-state index in [4.69, 9.17) is 5.26 Å². The molecule has 1 atom stereocenters. The second-order valence-electron chi connectivity index (χ2n) is 9.99. The molecule has 3 aromatic rings. The van der Waals surface area contributed by atoms with Gasteiger partial charge in [0.2, 0.25) is 0 Å². The first-order chi connectivity index (χ1) is 18.5. The quantitative estimate of drug-likeness (QED) is 0.444. The number of nitrogens with zero attached hydrogens (tertiary/aromatic N) is 2. The molecule has 39 heavy (non-hydrogen) atoms. The molecule has 0 bridgehead atoms. The van der Waals surface area contributed by atoms with Gasteiger partial charge in [0.1, 0.15) is 0 Å². The Labute approximate surface area is 229 Å². The topological polar surface area (TPSA) is 119 Å². The molecule has 4 rings (SSSR count). The minimum absolute atomic E-state index is 0.0731. The van der Waals surface area contributed by atoms with E-state index in [1.54, 1.807) is 24.3 Å². The summed E-state index contributed by atoms with van der Waals surface area (Å²) >= 11 is 0. The Balaban J connectivity index is 1.36. The number of amides is 3. The third kappa shape index (κ3) is 6.84. The second kappa shape index (κ2) is 11.7. The molecule has 0 aliphatic carbocycles. The molecule has 3 amide bonds. The Hall–Kier alpha value is -4.16. The zero-order valence-electron chi connectivity index (χ0n) is 22.3. The third-order valence-electron chi connectivity index (χ3n) is 7.18. The summed E-state index contributed by atoms with van der Waals surface area (Å²) in [7, 11) is -3.29. The fourth-order valence-corrected chi connectivity index (χ4v) is 5.39. The summed E-state index contributed by atoms with van der Waals surface area (Å²) in [6.07, 6.45) is 2.85. The lowest BCUT2D eigenvalue weighted by Gasteiger charge is -2.32. The van der Waals surface area contributed by atoms with Crippen LogP contribution >= 0.6 is 0 Å². The molecule has 1 heterocycles. The lowest BCUT2D eigenvalue weighted by atomic mass is 9.89. The van der Waals surface area contributed by atoms with Crippen LogP contribution in [-0.2, 0) is 9.84 Å². The van der Waals surface area contributed by atoms with Gasteiger partial charge < -0.3 is 15.5 Å². The van der Waals surface area contributed by atoms with E-state index < -0.39 is 15.9 Å². The van der Waals surface area contributed by atoms with Crippen LogP contribution in [0, 0.1) is 18.3 Å². The number of rotatable bonds is 6. The molecule has 0 aromatic heterocycles. The summed E-state index contributed by atoms with van der Waals surface area (Å²) in [5.74, 6) is 0.279. The van der Waals surface area contributed by atoms with Crippen molar-refractivity contribution in [1.82, 2.24) is 10.2 Å². The minimum atomic E-state index is -3.29. The first-order valence-electron chi connectivity index (χ1n) is 12.8. The van der Waals surface area contributed by atoms with Crippen molar-refractivity contribution in [3.05, 3.63) is 94.5 Å². The Bertz CT molecular complexity index is 1500. The van der Waals surface area contributed by atoms with E-state index in [9.17, 15) is 18.0 Å². The van der Waals surface area contributed by atoms with Crippen molar-refractivity contribution in [3.63, 3.8) is 0 Å². The third-order valence-corrected chi connectivity index (χ3v) is 8.31. The molecule has 3 aromatic carbocycles. The van der Waals surface area contributed by atoms with Crippen molar-refractivity contribution in [3.8, 4) is 6.07 Å². The summed E-state index contributed by atoms with van der Waals surface area (Å²) in [4.78, 5) is 28.1. The van der Waals surface area contributed by atoms with Gasteiger partial charge in [-0.25, -0.2) is 13.2 Å². The van der Waals surface area contributed by atoms with Gasteiger partial charge in [-0.15, -0.1) is 0 Å². The predicted molar refractivity (Wildman–Crippen MR) is 150 cm³/mol. The molecule has 1 aliphatic heterocycles. The van der Waals surface area contributed by atoms with E-state index in [1.165, 1.54) is 17.7 Å². The summed E-state index contributed by atoms with van der Waals surface area (Å²) in [6, 6.07) is 20.7. The van der Waals surface area contributed by atoms with Gasteiger partial charge in [0.25, 0.3) is 5.91 Å². The molecule has 1 aliphatic rings. The van der Waals surface area contributed by atoms with Crippen LogP contribution in [0.5, 0.6) is 0 Å². The predicted octanol–water partition coefficient (Wildman–Crippen LogP) is 5.17. The largest absolute Gasteiger partial charge is 0.339 e. The average Bonchev–Trinajstić information content (AvgIpc) is 2.93. The Kier molecular flexibility index (Phi) is 8.36. The van der Waals surface area contributed by atoms with E-state index in [1.807, 2.05) is 49.1 Å². The van der Waals surface area contributed by atoms with Crippen molar-refractivity contribution in [1.29, 1.82) is 5.26 Å². The van der Waals surface area contributed by atoms with Crippen molar-refractivity contribution in [2.24, 2.45) is 0 Å². The van der Waals surface area contributed by atoms with Crippen LogP contribution in [-0.4, -0.2) is 44.6 Å². The number of aryl methyl sites for hydroxylation is 1. The minimum Gasteiger partial charge on any atom is -0.339 e. The van der Waals surface area contributed by atoms with E-state index in [0.29, 0.717) is 35.8 Å². The van der Waals surface area contributed by atoms with Crippen molar-refractivity contribution < 1.29 is 18.0 Å². The highest BCUT2D eigenvalue weighted by Gasteiger charge is 2.25. The number of hydrogen-bond donors (Lipinski definition) is 2. The number of piperidine rings is 1. The van der Waals surface area contributed by atoms with E-state index >= 15 is 0 Å². The van der Waals surface area contributed by atoms with Crippen LogP contribution in [0.25, 0.3) is 0 Å². The van der Waals surface area contributed by atoms with Crippen molar-refractivity contribution in [2.45, 2.75) is 43.5 Å². The molecule has 2 N–H and O–H groups in total. The number of likely N-dealkylation sites (tertiary alicyclic amines) is 1. The number of nitrogens with one attached hydrogen (secondary N) is 2. The summed E-state index contributed by atoms with van der Waals surface area (Å²) in [5, 5.41) is 14.7. The standard InChI is InChI=1S/C30H32N4O4S/c1-20-4-7-26(29(35)34-16-14-25(15-17-34)24-8-5-22(19-31)6-9-24)18-28(20)33-30(36)32-21(2)23-10-12-27(13-11-23)39(3,37)38/h4-13,18,21,25H,14-17H2,1-3H3,(H2,32,33,36). The summed E-state index contributed by atoms with van der Waals surface area (Å²) in [5.41, 5.74) is 4.48. The summed E-state index contributed by atoms with van der Waals surface area (Å²) < 4.78 is 23.4. The molecule has 8 nitrogen and oxygen atoms in total. The molecular formula is C30H32N4O4S. The van der Waals surface area contributed by atoms with Crippen LogP contribution in [0.2, 0.25) is 0 Å². The van der Waals surface area contributed by atoms with Gasteiger partial charge in [-0.3, -0.25) is 4.79 Å². The second-order valence-corrected chi connectivity index (χ2v) is 12.0. The van der Waals surface area contributed by atoms with Gasteiger partial charge in [-0.1, -0.05) is 30.3 Å². The smallest absolute Gasteiger partial charge is 0.319 e. The van der Waals surface area contributed by atoms with Crippen LogP contribution in [0.15, 0.2) is 71.6 Å². The molecule has 0 saturated carbocycles. The first kappa shape index (κ1) is 27.9. The van der Waals surface area contributed by atoms with Crippen LogP contribution < -0.4 is 10.6 Å². The van der Waals surface area contributed by atoms with Gasteiger partial charge in [-0.2, -0.15) is 5.26 Å². The number of urea groups is 1. The van der Waals surface area contributed by atoms with Crippen molar-refractivity contribution >= 4 is 27.5 Å². The highest BCUT2D eigenvalue weighted by atomic mass is 32.2. The maximum Gasteiger partial charge on any atom is 0.319 e. The van der Waals surface area contributed by atoms with Gasteiger partial charge in [-0.05, 0) is 85.7 Å². The van der Waals surface area contributed by atoms with E-state index in [2.05, 4.69) is 16.7 Å². The van der Waals surface area contributed by atoms with Crippen LogP contribution in [0.1, 0.15) is 64.3 Å². The van der Waals surface area contributed by atoms with Gasteiger partial charge >= 0.3 is 6.03 Å². The maximum atomic E-state index is 13.3.